The van der Waals surface area contributed by atoms with Gasteiger partial charge < -0.3 is 0 Å². The Morgan fingerprint density at radius 3 is 2.33 bits per heavy atom. The first-order valence-electron chi connectivity index (χ1n) is 4.78. The molecule has 0 spiro atoms. The maximum absolute atomic E-state index is 6.07. The van der Waals surface area contributed by atoms with Crippen molar-refractivity contribution < 1.29 is 0 Å². The van der Waals surface area contributed by atoms with Crippen molar-refractivity contribution in [3.05, 3.63) is 50.5 Å². The third-order valence-electron chi connectivity index (χ3n) is 2.30. The van der Waals surface area contributed by atoms with E-state index in [4.69, 9.17) is 11.6 Å². The van der Waals surface area contributed by atoms with Gasteiger partial charge in [-0.1, -0.05) is 51.3 Å². The minimum atomic E-state index is 0.774. The first-order chi connectivity index (χ1) is 7.02. The van der Waals surface area contributed by atoms with E-state index in [-0.39, 0.29) is 0 Å². The van der Waals surface area contributed by atoms with Crippen molar-refractivity contribution in [2.45, 2.75) is 20.8 Å². The van der Waals surface area contributed by atoms with Crippen LogP contribution in [0.1, 0.15) is 26.3 Å². The second-order valence-corrected chi connectivity index (χ2v) is 4.90. The van der Waals surface area contributed by atoms with Crippen molar-refractivity contribution in [3.63, 3.8) is 0 Å². The fourth-order valence-corrected chi connectivity index (χ4v) is 1.91. The lowest BCUT2D eigenvalue weighted by molar-refractivity contribution is 1.29. The minimum Gasteiger partial charge on any atom is -0.0837 e. The summed E-state index contributed by atoms with van der Waals surface area (Å²) in [6, 6.07) is 7.81. The zero-order valence-corrected chi connectivity index (χ0v) is 11.5. The van der Waals surface area contributed by atoms with Gasteiger partial charge in [0.1, 0.15) is 0 Å². The molecule has 0 saturated heterocycles. The number of hydrogen-bond acceptors (Lipinski definition) is 0. The third kappa shape index (κ3) is 3.51. The zero-order chi connectivity index (χ0) is 11.4. The van der Waals surface area contributed by atoms with Crippen LogP contribution in [0.2, 0.25) is 5.02 Å². The molecule has 0 N–H and O–H groups in total. The molecule has 0 unspecified atom stereocenters. The van der Waals surface area contributed by atoms with Crippen LogP contribution in [-0.4, -0.2) is 0 Å². The van der Waals surface area contributed by atoms with Gasteiger partial charge in [0, 0.05) is 9.51 Å². The number of rotatable bonds is 2. The van der Waals surface area contributed by atoms with E-state index in [1.807, 2.05) is 30.3 Å². The molecule has 1 rings (SSSR count). The molecule has 0 aliphatic carbocycles. The number of allylic oxidation sites excluding steroid dienone is 3. The molecule has 0 aliphatic rings. The number of halogens is 2. The lowest BCUT2D eigenvalue weighted by Gasteiger charge is -2.03. The molecular formula is C13H14BrCl. The first kappa shape index (κ1) is 12.5. The smallest absolute Gasteiger partial charge is 0.0478 e. The Kier molecular flexibility index (Phi) is 4.62. The molecule has 80 valence electrons. The van der Waals surface area contributed by atoms with Crippen LogP contribution < -0.4 is 0 Å². The molecule has 0 bridgehead atoms. The van der Waals surface area contributed by atoms with Crippen LogP contribution in [0, 0.1) is 0 Å². The lowest BCUT2D eigenvalue weighted by atomic mass is 10.1. The van der Waals surface area contributed by atoms with Gasteiger partial charge in [0.2, 0.25) is 0 Å². The minimum absolute atomic E-state index is 0.774. The van der Waals surface area contributed by atoms with Gasteiger partial charge in [-0.3, -0.25) is 0 Å². The third-order valence-corrected chi connectivity index (χ3v) is 3.46. The maximum atomic E-state index is 6.07. The molecule has 0 radical (unpaired) electrons. The van der Waals surface area contributed by atoms with E-state index in [0.717, 1.165) is 15.1 Å². The predicted molar refractivity (Wildman–Crippen MR) is 72.4 cm³/mol. The van der Waals surface area contributed by atoms with E-state index < -0.39 is 0 Å². The van der Waals surface area contributed by atoms with Crippen molar-refractivity contribution in [3.8, 4) is 0 Å². The highest BCUT2D eigenvalue weighted by atomic mass is 79.9. The second-order valence-electron chi connectivity index (χ2n) is 3.64. The Hall–Kier alpha value is -0.530. The standard InChI is InChI=1S/C13H14BrCl/c1-9(2)10(3)12(14)8-11-6-4-5-7-13(11)15/h4-8H,1-3H3/b12-8+. The van der Waals surface area contributed by atoms with Crippen LogP contribution in [0.5, 0.6) is 0 Å². The first-order valence-corrected chi connectivity index (χ1v) is 5.95. The fourth-order valence-electron chi connectivity index (χ4n) is 1.08. The topological polar surface area (TPSA) is 0 Å². The molecule has 1 aromatic carbocycles. The Morgan fingerprint density at radius 2 is 1.80 bits per heavy atom. The van der Waals surface area contributed by atoms with E-state index in [1.54, 1.807) is 0 Å². The molecule has 0 atom stereocenters. The Bertz CT molecular complexity index is 412. The summed E-state index contributed by atoms with van der Waals surface area (Å²) in [7, 11) is 0. The molecule has 15 heavy (non-hydrogen) atoms. The molecule has 0 saturated carbocycles. The molecule has 0 aromatic heterocycles. The van der Waals surface area contributed by atoms with Gasteiger partial charge in [-0.2, -0.15) is 0 Å². The Labute approximate surface area is 105 Å². The summed E-state index contributed by atoms with van der Waals surface area (Å²) in [5, 5.41) is 0.774. The predicted octanol–water partition coefficient (Wildman–Crippen LogP) is 5.43. The van der Waals surface area contributed by atoms with E-state index in [9.17, 15) is 0 Å². The fraction of sp³-hybridized carbons (Fsp3) is 0.231. The quantitative estimate of drug-likeness (QED) is 0.635. The Morgan fingerprint density at radius 1 is 1.20 bits per heavy atom. The summed E-state index contributed by atoms with van der Waals surface area (Å²) in [5.74, 6) is 0. The summed E-state index contributed by atoms with van der Waals surface area (Å²) < 4.78 is 1.08. The van der Waals surface area contributed by atoms with Crippen molar-refractivity contribution in [2.24, 2.45) is 0 Å². The van der Waals surface area contributed by atoms with Crippen molar-refractivity contribution in [2.75, 3.05) is 0 Å². The highest BCUT2D eigenvalue weighted by molar-refractivity contribution is 9.12. The van der Waals surface area contributed by atoms with Crippen LogP contribution in [0.25, 0.3) is 6.08 Å². The van der Waals surface area contributed by atoms with E-state index in [2.05, 4.69) is 36.7 Å². The van der Waals surface area contributed by atoms with Crippen LogP contribution in [0.3, 0.4) is 0 Å². The summed E-state index contributed by atoms with van der Waals surface area (Å²) in [5.41, 5.74) is 3.58. The van der Waals surface area contributed by atoms with Gasteiger partial charge in [-0.25, -0.2) is 0 Å². The van der Waals surface area contributed by atoms with E-state index in [0.29, 0.717) is 0 Å². The summed E-state index contributed by atoms with van der Waals surface area (Å²) in [6.07, 6.45) is 2.05. The molecule has 0 nitrogen and oxygen atoms in total. The molecule has 0 amide bonds. The lowest BCUT2D eigenvalue weighted by Crippen LogP contribution is -1.81. The SMILES string of the molecule is CC(C)=C(C)/C(Br)=C\c1ccccc1Cl. The van der Waals surface area contributed by atoms with Gasteiger partial charge in [-0.15, -0.1) is 0 Å². The van der Waals surface area contributed by atoms with Crippen molar-refractivity contribution in [1.82, 2.24) is 0 Å². The van der Waals surface area contributed by atoms with E-state index >= 15 is 0 Å². The van der Waals surface area contributed by atoms with Gasteiger partial charge in [0.25, 0.3) is 0 Å². The largest absolute Gasteiger partial charge is 0.0837 e. The summed E-state index contributed by atoms with van der Waals surface area (Å²) in [6.45, 7) is 6.28. The van der Waals surface area contributed by atoms with Crippen LogP contribution in [-0.2, 0) is 0 Å². The molecule has 0 aliphatic heterocycles. The molecule has 0 fully saturated rings. The van der Waals surface area contributed by atoms with Crippen molar-refractivity contribution in [1.29, 1.82) is 0 Å². The van der Waals surface area contributed by atoms with Gasteiger partial charge in [0.15, 0.2) is 0 Å². The average Bonchev–Trinajstić information content (AvgIpc) is 2.20. The zero-order valence-electron chi connectivity index (χ0n) is 9.14. The van der Waals surface area contributed by atoms with Gasteiger partial charge in [0.05, 0.1) is 0 Å². The van der Waals surface area contributed by atoms with Crippen LogP contribution in [0.4, 0.5) is 0 Å². The highest BCUT2D eigenvalue weighted by Gasteiger charge is 2.00. The highest BCUT2D eigenvalue weighted by Crippen LogP contribution is 2.26. The van der Waals surface area contributed by atoms with Gasteiger partial charge >= 0.3 is 0 Å². The normalized spacial score (nSPS) is 11.4. The van der Waals surface area contributed by atoms with Crippen LogP contribution >= 0.6 is 27.5 Å². The van der Waals surface area contributed by atoms with Crippen molar-refractivity contribution >= 4 is 33.6 Å². The van der Waals surface area contributed by atoms with E-state index in [1.165, 1.54) is 11.1 Å². The summed E-state index contributed by atoms with van der Waals surface area (Å²) in [4.78, 5) is 0. The number of benzene rings is 1. The Balaban J connectivity index is 3.09. The number of hydrogen-bond donors (Lipinski definition) is 0. The molecule has 1 aromatic rings. The van der Waals surface area contributed by atoms with Crippen LogP contribution in [0.15, 0.2) is 39.9 Å². The van der Waals surface area contributed by atoms with Gasteiger partial charge in [-0.05, 0) is 44.1 Å². The molecular weight excluding hydrogens is 271 g/mol. The summed E-state index contributed by atoms with van der Waals surface area (Å²) >= 11 is 9.63. The monoisotopic (exact) mass is 284 g/mol. The molecule has 0 heterocycles. The average molecular weight is 286 g/mol. The maximum Gasteiger partial charge on any atom is 0.0478 e. The second kappa shape index (κ2) is 5.53. The molecule has 2 heteroatoms.